The molecule has 17 heavy (non-hydrogen) atoms. The average molecular weight is 235 g/mol. The molecule has 0 fully saturated rings. The van der Waals surface area contributed by atoms with E-state index in [1.165, 1.54) is 16.7 Å². The molecule has 0 aliphatic carbocycles. The van der Waals surface area contributed by atoms with Crippen molar-refractivity contribution in [2.24, 2.45) is 0 Å². The first-order chi connectivity index (χ1) is 7.91. The van der Waals surface area contributed by atoms with Crippen LogP contribution in [0.1, 0.15) is 36.5 Å². The molecule has 0 aliphatic heterocycles. The fourth-order valence-corrected chi connectivity index (χ4v) is 2.28. The second kappa shape index (κ2) is 6.06. The Morgan fingerprint density at radius 3 is 2.06 bits per heavy atom. The highest BCUT2D eigenvalue weighted by molar-refractivity contribution is 5.42. The minimum Gasteiger partial charge on any atom is -0.492 e. The quantitative estimate of drug-likeness (QED) is 0.776. The normalized spacial score (nSPS) is 11.3. The molecule has 0 heterocycles. The summed E-state index contributed by atoms with van der Waals surface area (Å²) >= 11 is 0. The topological polar surface area (TPSA) is 12.5 Å². The predicted molar refractivity (Wildman–Crippen MR) is 74.1 cm³/mol. The Hall–Kier alpha value is -1.02. The number of hydrogen-bond acceptors (Lipinski definition) is 2. The van der Waals surface area contributed by atoms with Crippen molar-refractivity contribution in [3.8, 4) is 5.75 Å². The van der Waals surface area contributed by atoms with Gasteiger partial charge in [0, 0.05) is 6.54 Å². The molecule has 0 unspecified atom stereocenters. The summed E-state index contributed by atoms with van der Waals surface area (Å²) in [7, 11) is 4.11. The third-order valence-corrected chi connectivity index (χ3v) is 2.95. The van der Waals surface area contributed by atoms with E-state index < -0.39 is 0 Å². The monoisotopic (exact) mass is 235 g/mol. The van der Waals surface area contributed by atoms with Crippen LogP contribution in [0.15, 0.2) is 12.1 Å². The number of aryl methyl sites for hydroxylation is 2. The zero-order valence-corrected chi connectivity index (χ0v) is 12.0. The lowest BCUT2D eigenvalue weighted by molar-refractivity contribution is 0.261. The summed E-state index contributed by atoms with van der Waals surface area (Å²) in [6, 6.07) is 4.30. The van der Waals surface area contributed by atoms with Crippen LogP contribution in [-0.2, 0) is 0 Å². The Balaban J connectivity index is 2.77. The highest BCUT2D eigenvalue weighted by Gasteiger charge is 2.09. The Kier molecular flexibility index (Phi) is 5.01. The highest BCUT2D eigenvalue weighted by Crippen LogP contribution is 2.27. The summed E-state index contributed by atoms with van der Waals surface area (Å²) in [5, 5.41) is 0. The Bertz CT molecular complexity index is 346. The first-order valence-electron chi connectivity index (χ1n) is 6.30. The fraction of sp³-hybridized carbons (Fsp3) is 0.600. The van der Waals surface area contributed by atoms with E-state index in [1.807, 2.05) is 0 Å². The standard InChI is InChI=1S/C15H25NO/c1-11(2)15-12(3)9-14(10-13(15)4)17-8-7-16(5)6/h9-11H,7-8H2,1-6H3. The van der Waals surface area contributed by atoms with E-state index in [2.05, 4.69) is 58.8 Å². The number of ether oxygens (including phenoxy) is 1. The molecule has 0 saturated carbocycles. The van der Waals surface area contributed by atoms with Crippen LogP contribution >= 0.6 is 0 Å². The number of rotatable bonds is 5. The van der Waals surface area contributed by atoms with E-state index in [0.29, 0.717) is 5.92 Å². The summed E-state index contributed by atoms with van der Waals surface area (Å²) in [6.07, 6.45) is 0. The Morgan fingerprint density at radius 1 is 1.12 bits per heavy atom. The minimum absolute atomic E-state index is 0.575. The molecule has 0 bridgehead atoms. The molecule has 2 heteroatoms. The molecule has 1 rings (SSSR count). The SMILES string of the molecule is Cc1cc(OCCN(C)C)cc(C)c1C(C)C. The van der Waals surface area contributed by atoms with Crippen molar-refractivity contribution in [3.05, 3.63) is 28.8 Å². The largest absolute Gasteiger partial charge is 0.492 e. The third kappa shape index (κ3) is 4.04. The Labute approximate surface area is 106 Å². The Morgan fingerprint density at radius 2 is 1.65 bits per heavy atom. The van der Waals surface area contributed by atoms with Crippen molar-refractivity contribution < 1.29 is 4.74 Å². The molecule has 0 aromatic heterocycles. The van der Waals surface area contributed by atoms with Gasteiger partial charge in [-0.25, -0.2) is 0 Å². The van der Waals surface area contributed by atoms with Crippen molar-refractivity contribution in [2.45, 2.75) is 33.6 Å². The van der Waals surface area contributed by atoms with Crippen LogP contribution in [0.3, 0.4) is 0 Å². The maximum atomic E-state index is 5.77. The smallest absolute Gasteiger partial charge is 0.119 e. The molecule has 0 amide bonds. The van der Waals surface area contributed by atoms with Gasteiger partial charge >= 0.3 is 0 Å². The van der Waals surface area contributed by atoms with Crippen LogP contribution in [0.2, 0.25) is 0 Å². The van der Waals surface area contributed by atoms with Gasteiger partial charge in [0.1, 0.15) is 12.4 Å². The number of likely N-dealkylation sites (N-methyl/N-ethyl adjacent to an activating group) is 1. The van der Waals surface area contributed by atoms with Gasteiger partial charge < -0.3 is 9.64 Å². The fourth-order valence-electron chi connectivity index (χ4n) is 2.28. The highest BCUT2D eigenvalue weighted by atomic mass is 16.5. The van der Waals surface area contributed by atoms with Gasteiger partial charge in [0.25, 0.3) is 0 Å². The van der Waals surface area contributed by atoms with Gasteiger partial charge in [0.05, 0.1) is 0 Å². The molecule has 0 aliphatic rings. The van der Waals surface area contributed by atoms with Crippen LogP contribution in [0.4, 0.5) is 0 Å². The van der Waals surface area contributed by atoms with E-state index in [0.717, 1.165) is 18.9 Å². The maximum Gasteiger partial charge on any atom is 0.119 e. The molecule has 1 aromatic rings. The number of hydrogen-bond donors (Lipinski definition) is 0. The van der Waals surface area contributed by atoms with Gasteiger partial charge in [-0.3, -0.25) is 0 Å². The first-order valence-corrected chi connectivity index (χ1v) is 6.30. The average Bonchev–Trinajstić information content (AvgIpc) is 2.14. The summed E-state index contributed by atoms with van der Waals surface area (Å²) in [4.78, 5) is 2.13. The van der Waals surface area contributed by atoms with Gasteiger partial charge in [-0.2, -0.15) is 0 Å². The second-order valence-electron chi connectivity index (χ2n) is 5.28. The lowest BCUT2D eigenvalue weighted by atomic mass is 9.93. The van der Waals surface area contributed by atoms with E-state index >= 15 is 0 Å². The molecular weight excluding hydrogens is 210 g/mol. The predicted octanol–water partition coefficient (Wildman–Crippen LogP) is 3.37. The first kappa shape index (κ1) is 14.0. The van der Waals surface area contributed by atoms with E-state index in [4.69, 9.17) is 4.74 Å². The number of benzene rings is 1. The van der Waals surface area contributed by atoms with Crippen molar-refractivity contribution in [2.75, 3.05) is 27.2 Å². The molecule has 1 aromatic carbocycles. The number of nitrogens with zero attached hydrogens (tertiary/aromatic N) is 1. The lowest BCUT2D eigenvalue weighted by Gasteiger charge is -2.17. The van der Waals surface area contributed by atoms with Crippen LogP contribution in [-0.4, -0.2) is 32.1 Å². The molecular formula is C15H25NO. The summed E-state index contributed by atoms with van der Waals surface area (Å²) in [6.45, 7) is 10.5. The van der Waals surface area contributed by atoms with Crippen LogP contribution < -0.4 is 4.74 Å². The van der Waals surface area contributed by atoms with Crippen molar-refractivity contribution >= 4 is 0 Å². The summed E-state index contributed by atoms with van der Waals surface area (Å²) in [5.74, 6) is 1.57. The molecule has 2 nitrogen and oxygen atoms in total. The third-order valence-electron chi connectivity index (χ3n) is 2.95. The van der Waals surface area contributed by atoms with Crippen LogP contribution in [0.25, 0.3) is 0 Å². The van der Waals surface area contributed by atoms with E-state index in [-0.39, 0.29) is 0 Å². The van der Waals surface area contributed by atoms with Crippen molar-refractivity contribution in [3.63, 3.8) is 0 Å². The van der Waals surface area contributed by atoms with Gasteiger partial charge in [-0.1, -0.05) is 13.8 Å². The zero-order chi connectivity index (χ0) is 13.0. The molecule has 0 N–H and O–H groups in total. The van der Waals surface area contributed by atoms with Crippen molar-refractivity contribution in [1.29, 1.82) is 0 Å². The molecule has 0 saturated heterocycles. The van der Waals surface area contributed by atoms with Gasteiger partial charge in [0.2, 0.25) is 0 Å². The summed E-state index contributed by atoms with van der Waals surface area (Å²) < 4.78 is 5.77. The molecule has 0 atom stereocenters. The van der Waals surface area contributed by atoms with Crippen LogP contribution in [0, 0.1) is 13.8 Å². The summed E-state index contributed by atoms with van der Waals surface area (Å²) in [5.41, 5.74) is 4.12. The van der Waals surface area contributed by atoms with E-state index in [9.17, 15) is 0 Å². The molecule has 96 valence electrons. The van der Waals surface area contributed by atoms with Gasteiger partial charge in [0.15, 0.2) is 0 Å². The molecule has 0 spiro atoms. The van der Waals surface area contributed by atoms with Gasteiger partial charge in [-0.15, -0.1) is 0 Å². The zero-order valence-electron chi connectivity index (χ0n) is 12.0. The van der Waals surface area contributed by atoms with Gasteiger partial charge in [-0.05, 0) is 62.7 Å². The lowest BCUT2D eigenvalue weighted by Crippen LogP contribution is -2.19. The van der Waals surface area contributed by atoms with Crippen LogP contribution in [0.5, 0.6) is 5.75 Å². The maximum absolute atomic E-state index is 5.77. The minimum atomic E-state index is 0.575. The van der Waals surface area contributed by atoms with Crippen molar-refractivity contribution in [1.82, 2.24) is 4.90 Å². The molecule has 0 radical (unpaired) electrons. The van der Waals surface area contributed by atoms with E-state index in [1.54, 1.807) is 0 Å². The second-order valence-corrected chi connectivity index (χ2v) is 5.28.